The number of carbonyl (C=O) groups excluding carboxylic acids is 1. The zero-order valence-electron chi connectivity index (χ0n) is 10.6. The lowest BCUT2D eigenvalue weighted by Gasteiger charge is -2.27. The Balaban J connectivity index is 1.90. The van der Waals surface area contributed by atoms with Gasteiger partial charge in [-0.05, 0) is 24.1 Å². The number of hydrogen-bond donors (Lipinski definition) is 2. The molecule has 1 heterocycles. The van der Waals surface area contributed by atoms with Crippen molar-refractivity contribution < 1.29 is 9.53 Å². The summed E-state index contributed by atoms with van der Waals surface area (Å²) < 4.78 is 5.21. The monoisotopic (exact) mass is 249 g/mol. The Morgan fingerprint density at radius 2 is 2.17 bits per heavy atom. The predicted octanol–water partition coefficient (Wildman–Crippen LogP) is 1.12. The lowest BCUT2D eigenvalue weighted by atomic mass is 10.1. The van der Waals surface area contributed by atoms with Crippen molar-refractivity contribution in [3.63, 3.8) is 0 Å². The van der Waals surface area contributed by atoms with Crippen molar-refractivity contribution in [3.05, 3.63) is 29.3 Å². The van der Waals surface area contributed by atoms with Crippen molar-refractivity contribution in [2.45, 2.75) is 13.5 Å². The van der Waals surface area contributed by atoms with Gasteiger partial charge in [-0.1, -0.05) is 12.1 Å². The van der Waals surface area contributed by atoms with E-state index in [2.05, 4.69) is 5.32 Å². The first-order valence-corrected chi connectivity index (χ1v) is 6.13. The summed E-state index contributed by atoms with van der Waals surface area (Å²) in [5.74, 6) is 0. The molecule has 0 saturated carbocycles. The van der Waals surface area contributed by atoms with Gasteiger partial charge in [0, 0.05) is 25.3 Å². The number of morpholine rings is 1. The number of urea groups is 1. The molecule has 0 unspecified atom stereocenters. The maximum Gasteiger partial charge on any atom is 0.317 e. The van der Waals surface area contributed by atoms with Crippen LogP contribution in [0.5, 0.6) is 0 Å². The minimum absolute atomic E-state index is 0.0416. The van der Waals surface area contributed by atoms with Gasteiger partial charge >= 0.3 is 6.03 Å². The first kappa shape index (κ1) is 12.7. The number of rotatable bonds is 2. The van der Waals surface area contributed by atoms with Gasteiger partial charge in [0.15, 0.2) is 0 Å². The van der Waals surface area contributed by atoms with Crippen LogP contribution in [0.4, 0.5) is 10.5 Å². The molecule has 1 aliphatic heterocycles. The van der Waals surface area contributed by atoms with Crippen LogP contribution in [-0.2, 0) is 11.3 Å². The maximum absolute atomic E-state index is 11.9. The summed E-state index contributed by atoms with van der Waals surface area (Å²) in [7, 11) is 0. The molecule has 2 amide bonds. The van der Waals surface area contributed by atoms with Gasteiger partial charge in [-0.2, -0.15) is 0 Å². The molecule has 0 bridgehead atoms. The first-order chi connectivity index (χ1) is 8.68. The van der Waals surface area contributed by atoms with Gasteiger partial charge in [-0.15, -0.1) is 0 Å². The molecule has 0 aliphatic carbocycles. The highest BCUT2D eigenvalue weighted by atomic mass is 16.5. The standard InChI is InChI=1S/C13H19N3O2/c1-10-11(3-2-4-12(10)14)9-15-13(17)16-5-7-18-8-6-16/h2-4H,5-9,14H2,1H3,(H,15,17). The van der Waals surface area contributed by atoms with Crippen LogP contribution in [0, 0.1) is 6.92 Å². The van der Waals surface area contributed by atoms with Crippen molar-refractivity contribution in [1.82, 2.24) is 10.2 Å². The van der Waals surface area contributed by atoms with Crippen molar-refractivity contribution in [3.8, 4) is 0 Å². The molecule has 1 saturated heterocycles. The van der Waals surface area contributed by atoms with E-state index in [4.69, 9.17) is 10.5 Å². The van der Waals surface area contributed by atoms with Crippen LogP contribution in [0.25, 0.3) is 0 Å². The molecular weight excluding hydrogens is 230 g/mol. The normalized spacial score (nSPS) is 15.5. The minimum Gasteiger partial charge on any atom is -0.399 e. The summed E-state index contributed by atoms with van der Waals surface area (Å²) in [4.78, 5) is 13.7. The summed E-state index contributed by atoms with van der Waals surface area (Å²) in [6, 6.07) is 5.70. The van der Waals surface area contributed by atoms with Crippen LogP contribution < -0.4 is 11.1 Å². The third-order valence-corrected chi connectivity index (χ3v) is 3.22. The van der Waals surface area contributed by atoms with Crippen LogP contribution in [-0.4, -0.2) is 37.2 Å². The SMILES string of the molecule is Cc1c(N)cccc1CNC(=O)N1CCOCC1. The second-order valence-corrected chi connectivity index (χ2v) is 4.39. The van der Waals surface area contributed by atoms with Gasteiger partial charge in [0.2, 0.25) is 0 Å². The van der Waals surface area contributed by atoms with Crippen LogP contribution in [0.3, 0.4) is 0 Å². The lowest BCUT2D eigenvalue weighted by molar-refractivity contribution is 0.0531. The highest BCUT2D eigenvalue weighted by Gasteiger charge is 2.16. The molecule has 0 aromatic heterocycles. The van der Waals surface area contributed by atoms with Crippen LogP contribution in [0.15, 0.2) is 18.2 Å². The molecule has 1 aliphatic rings. The van der Waals surface area contributed by atoms with Gasteiger partial charge < -0.3 is 20.7 Å². The smallest absolute Gasteiger partial charge is 0.317 e. The molecule has 3 N–H and O–H groups in total. The van der Waals surface area contributed by atoms with E-state index in [1.807, 2.05) is 25.1 Å². The average Bonchev–Trinajstić information content (AvgIpc) is 2.41. The van der Waals surface area contributed by atoms with Gasteiger partial charge in [0.05, 0.1) is 13.2 Å². The number of nitrogens with one attached hydrogen (secondary N) is 1. The Morgan fingerprint density at radius 1 is 1.44 bits per heavy atom. The van der Waals surface area contributed by atoms with Crippen molar-refractivity contribution in [2.24, 2.45) is 0 Å². The van der Waals surface area contributed by atoms with E-state index in [-0.39, 0.29) is 6.03 Å². The topological polar surface area (TPSA) is 67.6 Å². The third kappa shape index (κ3) is 2.92. The molecule has 18 heavy (non-hydrogen) atoms. The molecule has 1 aromatic carbocycles. The Kier molecular flexibility index (Phi) is 4.04. The van der Waals surface area contributed by atoms with E-state index >= 15 is 0 Å². The Labute approximate surface area is 107 Å². The van der Waals surface area contributed by atoms with E-state index in [1.54, 1.807) is 4.90 Å². The molecule has 1 fully saturated rings. The third-order valence-electron chi connectivity index (χ3n) is 3.22. The molecule has 0 atom stereocenters. The molecule has 0 spiro atoms. The molecule has 5 heteroatoms. The highest BCUT2D eigenvalue weighted by molar-refractivity contribution is 5.74. The fourth-order valence-corrected chi connectivity index (χ4v) is 1.94. The number of nitrogens with two attached hydrogens (primary N) is 1. The number of hydrogen-bond acceptors (Lipinski definition) is 3. The largest absolute Gasteiger partial charge is 0.399 e. The number of benzene rings is 1. The molecular formula is C13H19N3O2. The van der Waals surface area contributed by atoms with Crippen LogP contribution in [0.2, 0.25) is 0 Å². The molecule has 98 valence electrons. The van der Waals surface area contributed by atoms with Crippen LogP contribution in [0.1, 0.15) is 11.1 Å². The number of nitrogen functional groups attached to an aromatic ring is 1. The zero-order valence-corrected chi connectivity index (χ0v) is 10.6. The fourth-order valence-electron chi connectivity index (χ4n) is 1.94. The number of amides is 2. The molecule has 5 nitrogen and oxygen atoms in total. The van der Waals surface area contributed by atoms with E-state index < -0.39 is 0 Å². The lowest BCUT2D eigenvalue weighted by Crippen LogP contribution is -2.45. The predicted molar refractivity (Wildman–Crippen MR) is 70.2 cm³/mol. The molecule has 0 radical (unpaired) electrons. The summed E-state index contributed by atoms with van der Waals surface area (Å²) in [5, 5.41) is 2.91. The Hall–Kier alpha value is -1.75. The van der Waals surface area contributed by atoms with Gasteiger partial charge in [0.25, 0.3) is 0 Å². The first-order valence-electron chi connectivity index (χ1n) is 6.13. The van der Waals surface area contributed by atoms with Gasteiger partial charge in [0.1, 0.15) is 0 Å². The van der Waals surface area contributed by atoms with Crippen molar-refractivity contribution in [2.75, 3.05) is 32.0 Å². The van der Waals surface area contributed by atoms with E-state index in [9.17, 15) is 4.79 Å². The summed E-state index contributed by atoms with van der Waals surface area (Å²) >= 11 is 0. The number of carbonyl (C=O) groups is 1. The summed E-state index contributed by atoms with van der Waals surface area (Å²) in [6.45, 7) is 5.01. The maximum atomic E-state index is 11.9. The quantitative estimate of drug-likeness (QED) is 0.772. The van der Waals surface area contributed by atoms with E-state index in [0.717, 1.165) is 16.8 Å². The summed E-state index contributed by atoms with van der Waals surface area (Å²) in [5.41, 5.74) is 8.67. The average molecular weight is 249 g/mol. The Bertz CT molecular complexity index is 428. The van der Waals surface area contributed by atoms with E-state index in [1.165, 1.54) is 0 Å². The van der Waals surface area contributed by atoms with E-state index in [0.29, 0.717) is 32.8 Å². The number of ether oxygens (including phenoxy) is 1. The molecule has 1 aromatic rings. The number of nitrogens with zero attached hydrogens (tertiary/aromatic N) is 1. The second kappa shape index (κ2) is 5.73. The van der Waals surface area contributed by atoms with Crippen molar-refractivity contribution >= 4 is 11.7 Å². The molecule has 2 rings (SSSR count). The van der Waals surface area contributed by atoms with Crippen LogP contribution >= 0.6 is 0 Å². The van der Waals surface area contributed by atoms with Gasteiger partial charge in [-0.3, -0.25) is 0 Å². The zero-order chi connectivity index (χ0) is 13.0. The second-order valence-electron chi connectivity index (χ2n) is 4.39. The van der Waals surface area contributed by atoms with Gasteiger partial charge in [-0.25, -0.2) is 4.79 Å². The highest BCUT2D eigenvalue weighted by Crippen LogP contribution is 2.15. The summed E-state index contributed by atoms with van der Waals surface area (Å²) in [6.07, 6.45) is 0. The van der Waals surface area contributed by atoms with Crippen molar-refractivity contribution in [1.29, 1.82) is 0 Å². The fraction of sp³-hybridized carbons (Fsp3) is 0.462. The Morgan fingerprint density at radius 3 is 2.89 bits per heavy atom. The number of anilines is 1. The minimum atomic E-state index is -0.0416.